The van der Waals surface area contributed by atoms with E-state index >= 15 is 0 Å². The van der Waals surface area contributed by atoms with Crippen LogP contribution in [0.2, 0.25) is 0 Å². The summed E-state index contributed by atoms with van der Waals surface area (Å²) in [5.74, 6) is 0.611. The SMILES string of the molecule is COc1cccc(C(N)CS(=O)(=O)C(C)(C)C)c1. The lowest BCUT2D eigenvalue weighted by Crippen LogP contribution is -2.34. The Kier molecular flexibility index (Phi) is 4.40. The van der Waals surface area contributed by atoms with Crippen molar-refractivity contribution in [3.63, 3.8) is 0 Å². The number of ether oxygens (including phenoxy) is 1. The van der Waals surface area contributed by atoms with E-state index in [4.69, 9.17) is 10.5 Å². The van der Waals surface area contributed by atoms with Crippen molar-refractivity contribution in [2.24, 2.45) is 5.73 Å². The minimum atomic E-state index is -3.23. The maximum Gasteiger partial charge on any atom is 0.157 e. The number of benzene rings is 1. The van der Waals surface area contributed by atoms with E-state index < -0.39 is 20.6 Å². The summed E-state index contributed by atoms with van der Waals surface area (Å²) in [6, 6.07) is 6.64. The summed E-state index contributed by atoms with van der Waals surface area (Å²) in [7, 11) is -1.66. The van der Waals surface area contributed by atoms with Crippen LogP contribution in [0.25, 0.3) is 0 Å². The van der Waals surface area contributed by atoms with E-state index in [1.807, 2.05) is 6.07 Å². The molecule has 0 aromatic heterocycles. The third-order valence-corrected chi connectivity index (χ3v) is 5.52. The molecular weight excluding hydrogens is 250 g/mol. The summed E-state index contributed by atoms with van der Waals surface area (Å²) in [6.45, 7) is 5.04. The molecule has 4 nitrogen and oxygen atoms in total. The first kappa shape index (κ1) is 15.0. The topological polar surface area (TPSA) is 69.4 Å². The Labute approximate surface area is 109 Å². The third kappa shape index (κ3) is 3.46. The van der Waals surface area contributed by atoms with Gasteiger partial charge in [0.05, 0.1) is 17.6 Å². The van der Waals surface area contributed by atoms with Crippen molar-refractivity contribution in [3.8, 4) is 5.75 Å². The summed E-state index contributed by atoms with van der Waals surface area (Å²) >= 11 is 0. The van der Waals surface area contributed by atoms with Gasteiger partial charge in [0.15, 0.2) is 9.84 Å². The van der Waals surface area contributed by atoms with Gasteiger partial charge in [-0.05, 0) is 38.5 Å². The third-order valence-electron chi connectivity index (χ3n) is 2.85. The zero-order chi connectivity index (χ0) is 14.0. The van der Waals surface area contributed by atoms with E-state index in [1.54, 1.807) is 46.1 Å². The van der Waals surface area contributed by atoms with Crippen molar-refractivity contribution < 1.29 is 13.2 Å². The van der Waals surface area contributed by atoms with E-state index in [0.29, 0.717) is 5.75 Å². The number of nitrogens with two attached hydrogens (primary N) is 1. The Morgan fingerprint density at radius 2 is 1.94 bits per heavy atom. The van der Waals surface area contributed by atoms with Crippen molar-refractivity contribution in [1.82, 2.24) is 0 Å². The molecule has 102 valence electrons. The van der Waals surface area contributed by atoms with Gasteiger partial charge in [-0.3, -0.25) is 0 Å². The number of sulfone groups is 1. The van der Waals surface area contributed by atoms with E-state index in [9.17, 15) is 8.42 Å². The number of hydrogen-bond acceptors (Lipinski definition) is 4. The lowest BCUT2D eigenvalue weighted by atomic mass is 10.1. The fraction of sp³-hybridized carbons (Fsp3) is 0.538. The fourth-order valence-electron chi connectivity index (χ4n) is 1.45. The highest BCUT2D eigenvalue weighted by molar-refractivity contribution is 7.92. The number of rotatable bonds is 4. The Balaban J connectivity index is 2.92. The molecule has 1 aromatic carbocycles. The minimum absolute atomic E-state index is 0.0658. The Morgan fingerprint density at radius 1 is 1.33 bits per heavy atom. The fourth-order valence-corrected chi connectivity index (χ4v) is 2.62. The van der Waals surface area contributed by atoms with E-state index in [2.05, 4.69) is 0 Å². The van der Waals surface area contributed by atoms with E-state index in [1.165, 1.54) is 0 Å². The average Bonchev–Trinajstić information content (AvgIpc) is 2.27. The van der Waals surface area contributed by atoms with Gasteiger partial charge >= 0.3 is 0 Å². The molecule has 0 fully saturated rings. The zero-order valence-electron chi connectivity index (χ0n) is 11.3. The lowest BCUT2D eigenvalue weighted by molar-refractivity contribution is 0.414. The van der Waals surface area contributed by atoms with E-state index in [0.717, 1.165) is 5.56 Å². The standard InChI is InChI=1S/C13H21NO3S/c1-13(2,3)18(15,16)9-12(14)10-6-5-7-11(8-10)17-4/h5-8,12H,9,14H2,1-4H3. The molecular formula is C13H21NO3S. The molecule has 5 heteroatoms. The van der Waals surface area contributed by atoms with Crippen molar-refractivity contribution in [2.45, 2.75) is 31.6 Å². The Bertz CT molecular complexity index is 503. The van der Waals surface area contributed by atoms with Gasteiger partial charge in [-0.25, -0.2) is 8.42 Å². The molecule has 0 aliphatic heterocycles. The largest absolute Gasteiger partial charge is 0.497 e. The van der Waals surface area contributed by atoms with Crippen LogP contribution in [-0.2, 0) is 9.84 Å². The summed E-state index contributed by atoms with van der Waals surface area (Å²) in [5.41, 5.74) is 6.73. The van der Waals surface area contributed by atoms with Crippen LogP contribution in [0.4, 0.5) is 0 Å². The Hall–Kier alpha value is -1.07. The van der Waals surface area contributed by atoms with Crippen LogP contribution >= 0.6 is 0 Å². The van der Waals surface area contributed by atoms with Gasteiger partial charge < -0.3 is 10.5 Å². The van der Waals surface area contributed by atoms with Gasteiger partial charge in [0.2, 0.25) is 0 Å². The second kappa shape index (κ2) is 5.28. The molecule has 1 unspecified atom stereocenters. The van der Waals surface area contributed by atoms with Crippen LogP contribution in [-0.4, -0.2) is 26.0 Å². The molecule has 0 aliphatic carbocycles. The van der Waals surface area contributed by atoms with Crippen LogP contribution in [0.1, 0.15) is 32.4 Å². The summed E-state index contributed by atoms with van der Waals surface area (Å²) < 4.78 is 28.5. The molecule has 0 aliphatic rings. The van der Waals surface area contributed by atoms with Gasteiger partial charge in [-0.2, -0.15) is 0 Å². The molecule has 1 aromatic rings. The van der Waals surface area contributed by atoms with Crippen LogP contribution in [0.5, 0.6) is 5.75 Å². The van der Waals surface area contributed by atoms with Crippen LogP contribution in [0.15, 0.2) is 24.3 Å². The van der Waals surface area contributed by atoms with Crippen molar-refractivity contribution >= 4 is 9.84 Å². The highest BCUT2D eigenvalue weighted by Crippen LogP contribution is 2.23. The summed E-state index contributed by atoms with van der Waals surface area (Å²) in [5, 5.41) is 0. The first-order chi connectivity index (χ1) is 8.17. The first-order valence-corrected chi connectivity index (χ1v) is 7.44. The van der Waals surface area contributed by atoms with Crippen molar-refractivity contribution in [1.29, 1.82) is 0 Å². The van der Waals surface area contributed by atoms with Gasteiger partial charge in [-0.1, -0.05) is 12.1 Å². The molecule has 0 bridgehead atoms. The van der Waals surface area contributed by atoms with Crippen LogP contribution in [0.3, 0.4) is 0 Å². The highest BCUT2D eigenvalue weighted by atomic mass is 32.2. The maximum atomic E-state index is 12.1. The quantitative estimate of drug-likeness (QED) is 0.908. The summed E-state index contributed by atoms with van der Waals surface area (Å²) in [6.07, 6.45) is 0. The molecule has 1 atom stereocenters. The van der Waals surface area contributed by atoms with Crippen molar-refractivity contribution in [2.75, 3.05) is 12.9 Å². The molecule has 0 radical (unpaired) electrons. The second-order valence-corrected chi connectivity index (χ2v) is 8.06. The molecule has 0 saturated heterocycles. The molecule has 0 spiro atoms. The highest BCUT2D eigenvalue weighted by Gasteiger charge is 2.31. The maximum absolute atomic E-state index is 12.1. The monoisotopic (exact) mass is 271 g/mol. The van der Waals surface area contributed by atoms with Gasteiger partial charge in [0.25, 0.3) is 0 Å². The van der Waals surface area contributed by atoms with Gasteiger partial charge in [0, 0.05) is 6.04 Å². The van der Waals surface area contributed by atoms with Crippen molar-refractivity contribution in [3.05, 3.63) is 29.8 Å². The lowest BCUT2D eigenvalue weighted by Gasteiger charge is -2.22. The van der Waals surface area contributed by atoms with Gasteiger partial charge in [0.1, 0.15) is 5.75 Å². The predicted molar refractivity (Wildman–Crippen MR) is 73.5 cm³/mol. The minimum Gasteiger partial charge on any atom is -0.497 e. The normalized spacial score (nSPS) is 14.3. The molecule has 18 heavy (non-hydrogen) atoms. The first-order valence-electron chi connectivity index (χ1n) is 5.79. The summed E-state index contributed by atoms with van der Waals surface area (Å²) in [4.78, 5) is 0. The number of methoxy groups -OCH3 is 1. The number of hydrogen-bond donors (Lipinski definition) is 1. The second-order valence-electron chi connectivity index (χ2n) is 5.28. The smallest absolute Gasteiger partial charge is 0.157 e. The molecule has 2 N–H and O–H groups in total. The van der Waals surface area contributed by atoms with E-state index in [-0.39, 0.29) is 5.75 Å². The molecule has 1 rings (SSSR count). The molecule has 0 saturated carbocycles. The van der Waals surface area contributed by atoms with Crippen LogP contribution in [0, 0.1) is 0 Å². The predicted octanol–water partition coefficient (Wildman–Crippen LogP) is 1.91. The average molecular weight is 271 g/mol. The van der Waals surface area contributed by atoms with Crippen LogP contribution < -0.4 is 10.5 Å². The molecule has 0 heterocycles. The zero-order valence-corrected chi connectivity index (χ0v) is 12.1. The van der Waals surface area contributed by atoms with Gasteiger partial charge in [-0.15, -0.1) is 0 Å². The Morgan fingerprint density at radius 3 is 2.44 bits per heavy atom. The molecule has 0 amide bonds.